The van der Waals surface area contributed by atoms with Gasteiger partial charge >= 0.3 is 0 Å². The quantitative estimate of drug-likeness (QED) is 0.491. The number of amides is 1. The van der Waals surface area contributed by atoms with Gasteiger partial charge in [0.2, 0.25) is 0 Å². The number of hydrogen-bond donors (Lipinski definition) is 1. The van der Waals surface area contributed by atoms with Gasteiger partial charge in [-0.1, -0.05) is 30.3 Å². The molecule has 0 bridgehead atoms. The van der Waals surface area contributed by atoms with Crippen molar-refractivity contribution >= 4 is 18.2 Å². The molecule has 172 valence electrons. The van der Waals surface area contributed by atoms with E-state index in [0.29, 0.717) is 18.0 Å². The molecule has 5 nitrogen and oxygen atoms in total. The minimum Gasteiger partial charge on any atom is -0.462 e. The van der Waals surface area contributed by atoms with Gasteiger partial charge in [0.1, 0.15) is 22.8 Å². The first-order valence-electron chi connectivity index (χ1n) is 10.4. The van der Waals surface area contributed by atoms with E-state index in [1.165, 1.54) is 38.3 Å². The van der Waals surface area contributed by atoms with Crippen molar-refractivity contribution in [1.29, 1.82) is 0 Å². The molecule has 1 saturated carbocycles. The van der Waals surface area contributed by atoms with Crippen LogP contribution in [-0.4, -0.2) is 29.3 Å². The molecule has 0 unspecified atom stereocenters. The average Bonchev–Trinajstić information content (AvgIpc) is 3.52. The third kappa shape index (κ3) is 6.97. The number of halogens is 2. The molecule has 0 heterocycles. The fourth-order valence-corrected chi connectivity index (χ4v) is 2.95. The summed E-state index contributed by atoms with van der Waals surface area (Å²) < 4.78 is 32.0. The predicted octanol–water partition coefficient (Wildman–Crippen LogP) is 5.19. The highest BCUT2D eigenvalue weighted by molar-refractivity contribution is 6.06. The van der Waals surface area contributed by atoms with Crippen molar-refractivity contribution in [1.82, 2.24) is 5.32 Å². The molecule has 0 aliphatic heterocycles. The number of carbonyl (C=O) groups is 3. The molecule has 0 radical (unpaired) electrons. The molecule has 3 rings (SSSR count). The van der Waals surface area contributed by atoms with Crippen molar-refractivity contribution in [3.8, 4) is 0 Å². The van der Waals surface area contributed by atoms with Gasteiger partial charge in [-0.2, -0.15) is 0 Å². The number of ketones is 1. The second-order valence-corrected chi connectivity index (χ2v) is 9.23. The van der Waals surface area contributed by atoms with Crippen LogP contribution in [0.2, 0.25) is 0 Å². The normalized spacial score (nSPS) is 13.5. The van der Waals surface area contributed by atoms with Crippen LogP contribution in [0.25, 0.3) is 0 Å². The van der Waals surface area contributed by atoms with Crippen LogP contribution in [0.4, 0.5) is 8.78 Å². The van der Waals surface area contributed by atoms with Crippen molar-refractivity contribution in [2.45, 2.75) is 64.5 Å². The van der Waals surface area contributed by atoms with Crippen LogP contribution in [0.1, 0.15) is 79.7 Å². The zero-order chi connectivity index (χ0) is 24.1. The maximum absolute atomic E-state index is 13.7. The molecule has 1 amide bonds. The van der Waals surface area contributed by atoms with Gasteiger partial charge in [-0.15, -0.1) is 0 Å². The zero-order valence-corrected chi connectivity index (χ0v) is 19.0. The van der Waals surface area contributed by atoms with Crippen LogP contribution in [-0.2, 0) is 9.53 Å². The first-order chi connectivity index (χ1) is 14.9. The van der Waals surface area contributed by atoms with Gasteiger partial charge in [0.25, 0.3) is 12.4 Å². The second kappa shape index (κ2) is 10.0. The Labute approximate surface area is 187 Å². The van der Waals surface area contributed by atoms with E-state index < -0.39 is 28.6 Å². The van der Waals surface area contributed by atoms with Crippen LogP contribution in [0.3, 0.4) is 0 Å². The number of Topliss-reactive ketones (excluding diaryl/α,β-unsaturated/α-hetero) is 1. The van der Waals surface area contributed by atoms with Crippen molar-refractivity contribution < 1.29 is 27.9 Å². The molecular formula is C25H29F2NO4. The minimum absolute atomic E-state index is 0.318. The van der Waals surface area contributed by atoms with E-state index in [9.17, 15) is 23.2 Å². The lowest BCUT2D eigenvalue weighted by Gasteiger charge is -2.25. The summed E-state index contributed by atoms with van der Waals surface area (Å²) in [7, 11) is 0. The first kappa shape index (κ1) is 25.2. The summed E-state index contributed by atoms with van der Waals surface area (Å²) in [6, 6.07) is 10.5. The molecule has 0 aromatic heterocycles. The molecule has 0 saturated heterocycles. The van der Waals surface area contributed by atoms with E-state index in [4.69, 9.17) is 0 Å². The van der Waals surface area contributed by atoms with E-state index in [-0.39, 0.29) is 11.4 Å². The summed E-state index contributed by atoms with van der Waals surface area (Å²) in [5, 5.41) is 2.43. The first-order valence-corrected chi connectivity index (χ1v) is 10.4. The van der Waals surface area contributed by atoms with E-state index in [0.717, 1.165) is 12.1 Å². The van der Waals surface area contributed by atoms with Crippen molar-refractivity contribution in [3.05, 3.63) is 70.8 Å². The third-order valence-corrected chi connectivity index (χ3v) is 4.81. The topological polar surface area (TPSA) is 72.5 Å². The number of hydrogen-bond acceptors (Lipinski definition) is 4. The maximum atomic E-state index is 13.7. The standard InChI is InChI=1S/C20H19F2NO2.C5H10O2/c1-20(2,23-19(25)17-15(21)4-3-5-16(17)22)18(24)14-10-8-13(9-11-14)12-6-7-12;1-5(2,3)7-4-6/h3-5,8-12H,6-7H2,1-2H3,(H,23,25);4H,1-3H3. The third-order valence-electron chi connectivity index (χ3n) is 4.81. The summed E-state index contributed by atoms with van der Waals surface area (Å²) >= 11 is 0. The maximum Gasteiger partial charge on any atom is 0.293 e. The molecule has 7 heteroatoms. The Kier molecular flexibility index (Phi) is 7.88. The van der Waals surface area contributed by atoms with Gasteiger partial charge in [0.15, 0.2) is 5.78 Å². The molecule has 2 aromatic rings. The second-order valence-electron chi connectivity index (χ2n) is 9.23. The Balaban J connectivity index is 0.000000451. The lowest BCUT2D eigenvalue weighted by atomic mass is 9.92. The summed E-state index contributed by atoms with van der Waals surface area (Å²) in [5.74, 6) is -2.62. The lowest BCUT2D eigenvalue weighted by Crippen LogP contribution is -2.50. The highest BCUT2D eigenvalue weighted by Crippen LogP contribution is 2.40. The molecule has 32 heavy (non-hydrogen) atoms. The molecule has 1 aliphatic rings. The molecular weight excluding hydrogens is 416 g/mol. The Bertz CT molecular complexity index is 954. The molecule has 1 aliphatic carbocycles. The fourth-order valence-electron chi connectivity index (χ4n) is 2.95. The van der Waals surface area contributed by atoms with E-state index in [1.807, 2.05) is 32.9 Å². The largest absolute Gasteiger partial charge is 0.462 e. The molecule has 0 atom stereocenters. The average molecular weight is 446 g/mol. The van der Waals surface area contributed by atoms with Crippen LogP contribution >= 0.6 is 0 Å². The zero-order valence-electron chi connectivity index (χ0n) is 19.0. The van der Waals surface area contributed by atoms with Crippen molar-refractivity contribution in [2.75, 3.05) is 0 Å². The van der Waals surface area contributed by atoms with Crippen LogP contribution < -0.4 is 5.32 Å². The Hall–Kier alpha value is -3.09. The number of ether oxygens (including phenoxy) is 1. The van der Waals surface area contributed by atoms with Gasteiger partial charge in [-0.3, -0.25) is 14.4 Å². The Morgan fingerprint density at radius 2 is 1.50 bits per heavy atom. The number of carbonyl (C=O) groups excluding carboxylic acids is 3. The van der Waals surface area contributed by atoms with Crippen LogP contribution in [0.15, 0.2) is 42.5 Å². The lowest BCUT2D eigenvalue weighted by molar-refractivity contribution is -0.138. The van der Waals surface area contributed by atoms with E-state index in [1.54, 1.807) is 12.1 Å². The SMILES string of the molecule is CC(C)(C)OC=O.CC(C)(NC(=O)c1c(F)cccc1F)C(=O)c1ccc(C2CC2)cc1. The fraction of sp³-hybridized carbons (Fsp3) is 0.400. The van der Waals surface area contributed by atoms with Crippen molar-refractivity contribution in [3.63, 3.8) is 0 Å². The number of benzene rings is 2. The summed E-state index contributed by atoms with van der Waals surface area (Å²) in [5.41, 5.74) is -0.655. The molecule has 2 aromatic carbocycles. The predicted molar refractivity (Wildman–Crippen MR) is 118 cm³/mol. The monoisotopic (exact) mass is 445 g/mol. The summed E-state index contributed by atoms with van der Waals surface area (Å²) in [6.07, 6.45) is 2.34. The molecule has 1 fully saturated rings. The Morgan fingerprint density at radius 1 is 0.969 bits per heavy atom. The molecule has 0 spiro atoms. The van der Waals surface area contributed by atoms with Gasteiger partial charge in [-0.05, 0) is 71.1 Å². The molecule has 1 N–H and O–H groups in total. The minimum atomic E-state index is -1.30. The van der Waals surface area contributed by atoms with E-state index in [2.05, 4.69) is 10.1 Å². The van der Waals surface area contributed by atoms with Gasteiger partial charge in [-0.25, -0.2) is 8.78 Å². The van der Waals surface area contributed by atoms with E-state index >= 15 is 0 Å². The summed E-state index contributed by atoms with van der Waals surface area (Å²) in [4.78, 5) is 34.5. The smallest absolute Gasteiger partial charge is 0.293 e. The van der Waals surface area contributed by atoms with Gasteiger partial charge in [0.05, 0.1) is 5.54 Å². The van der Waals surface area contributed by atoms with Crippen LogP contribution in [0.5, 0.6) is 0 Å². The Morgan fingerprint density at radius 3 is 1.91 bits per heavy atom. The van der Waals surface area contributed by atoms with Crippen molar-refractivity contribution in [2.24, 2.45) is 0 Å². The summed E-state index contributed by atoms with van der Waals surface area (Å²) in [6.45, 7) is 8.95. The highest BCUT2D eigenvalue weighted by Gasteiger charge is 2.32. The number of rotatable bonds is 6. The van der Waals surface area contributed by atoms with Gasteiger partial charge in [0, 0.05) is 5.56 Å². The van der Waals surface area contributed by atoms with Crippen LogP contribution in [0, 0.1) is 11.6 Å². The highest BCUT2D eigenvalue weighted by atomic mass is 19.1. The number of nitrogens with one attached hydrogen (secondary N) is 1. The van der Waals surface area contributed by atoms with Gasteiger partial charge < -0.3 is 10.1 Å².